The van der Waals surface area contributed by atoms with E-state index < -0.39 is 5.23 Å². The van der Waals surface area contributed by atoms with Crippen molar-refractivity contribution in [1.29, 1.82) is 0 Å². The first kappa shape index (κ1) is 12.8. The van der Waals surface area contributed by atoms with Crippen LogP contribution >= 0.6 is 12.1 Å². The van der Waals surface area contributed by atoms with Gasteiger partial charge in [-0.3, -0.25) is 0 Å². The number of aliphatic hydroxyl groups is 1. The van der Waals surface area contributed by atoms with Crippen LogP contribution in [-0.4, -0.2) is 15.9 Å². The second kappa shape index (κ2) is 5.21. The molecule has 16 heavy (non-hydrogen) atoms. The van der Waals surface area contributed by atoms with Crippen molar-refractivity contribution < 1.29 is 18.7 Å². The van der Waals surface area contributed by atoms with Crippen molar-refractivity contribution >= 4 is 23.1 Å². The second-order valence-electron chi connectivity index (χ2n) is 4.25. The van der Waals surface area contributed by atoms with Crippen LogP contribution in [0.4, 0.5) is 9.57 Å². The number of hydrogen-bond acceptors (Lipinski definition) is 2. The average molecular weight is 244 g/mol. The Balaban J connectivity index is 2.87. The van der Waals surface area contributed by atoms with Crippen LogP contribution in [0, 0.1) is 0 Å². The van der Waals surface area contributed by atoms with Gasteiger partial charge in [0, 0.05) is 6.07 Å². The van der Waals surface area contributed by atoms with E-state index in [1.807, 2.05) is 20.8 Å². The quantitative estimate of drug-likeness (QED) is 0.618. The molecule has 88 valence electrons. The molecule has 0 aliphatic rings. The SMILES string of the molecule is CC(C)(C)Oc1cccc([NH+]=C(O)SF)c1. The van der Waals surface area contributed by atoms with Gasteiger partial charge in [-0.05, 0) is 26.8 Å². The predicted octanol–water partition coefficient (Wildman–Crippen LogP) is 2.11. The predicted molar refractivity (Wildman–Crippen MR) is 63.8 cm³/mol. The maximum absolute atomic E-state index is 12.0. The van der Waals surface area contributed by atoms with Gasteiger partial charge in [-0.1, -0.05) is 6.07 Å². The van der Waals surface area contributed by atoms with Crippen molar-refractivity contribution in [3.63, 3.8) is 0 Å². The van der Waals surface area contributed by atoms with Crippen LogP contribution in [0.2, 0.25) is 0 Å². The Labute approximate surface area is 98.6 Å². The summed E-state index contributed by atoms with van der Waals surface area (Å²) in [5.74, 6) is 0.661. The molecule has 1 aromatic carbocycles. The fourth-order valence-electron chi connectivity index (χ4n) is 1.13. The second-order valence-corrected chi connectivity index (χ2v) is 4.79. The monoisotopic (exact) mass is 244 g/mol. The van der Waals surface area contributed by atoms with Gasteiger partial charge >= 0.3 is 5.23 Å². The highest BCUT2D eigenvalue weighted by Crippen LogP contribution is 2.19. The Hall–Kier alpha value is -1.23. The molecule has 0 aliphatic heterocycles. The van der Waals surface area contributed by atoms with Crippen molar-refractivity contribution in [3.05, 3.63) is 24.3 Å². The number of aliphatic hydroxyl groups excluding tert-OH is 1. The number of halogens is 1. The Morgan fingerprint density at radius 1 is 1.44 bits per heavy atom. The van der Waals surface area contributed by atoms with E-state index in [-0.39, 0.29) is 17.7 Å². The lowest BCUT2D eigenvalue weighted by atomic mass is 10.2. The van der Waals surface area contributed by atoms with Crippen LogP contribution in [-0.2, 0) is 0 Å². The summed E-state index contributed by atoms with van der Waals surface area (Å²) < 4.78 is 17.6. The zero-order valence-corrected chi connectivity index (χ0v) is 10.3. The lowest BCUT2D eigenvalue weighted by Crippen LogP contribution is -2.65. The summed E-state index contributed by atoms with van der Waals surface area (Å²) in [4.78, 5) is 2.50. The van der Waals surface area contributed by atoms with Gasteiger partial charge in [0.1, 0.15) is 11.4 Å². The zero-order chi connectivity index (χ0) is 12.2. The van der Waals surface area contributed by atoms with Crippen molar-refractivity contribution in [1.82, 2.24) is 0 Å². The number of rotatable bonds is 2. The van der Waals surface area contributed by atoms with E-state index in [1.165, 1.54) is 0 Å². The van der Waals surface area contributed by atoms with Gasteiger partial charge in [0.2, 0.25) is 5.69 Å². The van der Waals surface area contributed by atoms with Crippen LogP contribution in [0.3, 0.4) is 0 Å². The normalized spacial score (nSPS) is 12.6. The molecule has 2 N–H and O–H groups in total. The highest BCUT2D eigenvalue weighted by Gasteiger charge is 2.13. The van der Waals surface area contributed by atoms with Gasteiger partial charge in [0.05, 0.1) is 6.07 Å². The first-order valence-corrected chi connectivity index (χ1v) is 5.53. The molecule has 0 atom stereocenters. The molecule has 1 rings (SSSR count). The molecule has 0 radical (unpaired) electrons. The lowest BCUT2D eigenvalue weighted by Gasteiger charge is -2.20. The van der Waals surface area contributed by atoms with Crippen molar-refractivity contribution in [2.24, 2.45) is 0 Å². The molecule has 0 saturated heterocycles. The number of benzene rings is 1. The van der Waals surface area contributed by atoms with Gasteiger partial charge in [-0.2, -0.15) is 4.99 Å². The van der Waals surface area contributed by atoms with Crippen LogP contribution in [0.25, 0.3) is 0 Å². The van der Waals surface area contributed by atoms with Crippen molar-refractivity contribution in [2.45, 2.75) is 26.4 Å². The largest absolute Gasteiger partial charge is 0.488 e. The molecule has 0 aliphatic carbocycles. The summed E-state index contributed by atoms with van der Waals surface area (Å²) in [7, 11) is 0. The highest BCUT2D eigenvalue weighted by molar-refractivity contribution is 8.08. The maximum atomic E-state index is 12.0. The molecule has 1 aromatic rings. The summed E-state index contributed by atoms with van der Waals surface area (Å²) in [6, 6.07) is 6.97. The summed E-state index contributed by atoms with van der Waals surface area (Å²) >= 11 is -0.241. The molecule has 0 heterocycles. The average Bonchev–Trinajstić information content (AvgIpc) is 2.15. The summed E-state index contributed by atoms with van der Waals surface area (Å²) in [5, 5.41) is 8.49. The zero-order valence-electron chi connectivity index (χ0n) is 9.45. The molecule has 5 heteroatoms. The third kappa shape index (κ3) is 4.53. The molecular weight excluding hydrogens is 229 g/mol. The van der Waals surface area contributed by atoms with Gasteiger partial charge in [-0.25, -0.2) is 0 Å². The Morgan fingerprint density at radius 3 is 2.69 bits per heavy atom. The van der Waals surface area contributed by atoms with Crippen molar-refractivity contribution in [2.75, 3.05) is 0 Å². The molecule has 0 spiro atoms. The fraction of sp³-hybridized carbons (Fsp3) is 0.364. The van der Waals surface area contributed by atoms with Crippen molar-refractivity contribution in [3.8, 4) is 5.75 Å². The minimum Gasteiger partial charge on any atom is -0.488 e. The molecule has 0 unspecified atom stereocenters. The third-order valence-electron chi connectivity index (χ3n) is 1.58. The minimum atomic E-state index is -0.493. The number of ether oxygens (including phenoxy) is 1. The van der Waals surface area contributed by atoms with E-state index in [2.05, 4.69) is 4.99 Å². The van der Waals surface area contributed by atoms with E-state index in [4.69, 9.17) is 9.84 Å². The van der Waals surface area contributed by atoms with E-state index in [0.717, 1.165) is 0 Å². The first-order chi connectivity index (χ1) is 7.40. The highest BCUT2D eigenvalue weighted by atomic mass is 32.2. The van der Waals surface area contributed by atoms with Crippen LogP contribution in [0.15, 0.2) is 24.3 Å². The molecule has 0 aromatic heterocycles. The molecule has 0 fully saturated rings. The standard InChI is InChI=1S/C11H14FNO2S/c1-11(2,3)15-9-6-4-5-8(7-9)13-10(14)16-12/h4-7H,1-3H3,(H,13,14)/p+1. The molecular formula is C11H15FNO2S+. The van der Waals surface area contributed by atoms with Gasteiger partial charge in [0.15, 0.2) is 12.1 Å². The third-order valence-corrected chi connectivity index (χ3v) is 1.83. The van der Waals surface area contributed by atoms with Gasteiger partial charge in [-0.15, -0.1) is 3.89 Å². The van der Waals surface area contributed by atoms with E-state index in [9.17, 15) is 3.89 Å². The minimum absolute atomic E-state index is 0.241. The van der Waals surface area contributed by atoms with Gasteiger partial charge < -0.3 is 9.84 Å². The molecule has 0 bridgehead atoms. The van der Waals surface area contributed by atoms with Crippen LogP contribution in [0.1, 0.15) is 20.8 Å². The summed E-state index contributed by atoms with van der Waals surface area (Å²) in [5.41, 5.74) is 0.281. The number of hydrogen-bond donors (Lipinski definition) is 2. The van der Waals surface area contributed by atoms with E-state index in [1.54, 1.807) is 24.3 Å². The first-order valence-electron chi connectivity index (χ1n) is 4.81. The van der Waals surface area contributed by atoms with Gasteiger partial charge in [0.25, 0.3) is 0 Å². The fourth-order valence-corrected chi connectivity index (χ4v) is 1.29. The molecule has 0 amide bonds. The Morgan fingerprint density at radius 2 is 2.12 bits per heavy atom. The van der Waals surface area contributed by atoms with Crippen LogP contribution < -0.4 is 9.73 Å². The van der Waals surface area contributed by atoms with Crippen LogP contribution in [0.5, 0.6) is 5.75 Å². The van der Waals surface area contributed by atoms with E-state index in [0.29, 0.717) is 11.4 Å². The summed E-state index contributed by atoms with van der Waals surface area (Å²) in [6.07, 6.45) is 0. The molecule has 0 saturated carbocycles. The lowest BCUT2D eigenvalue weighted by molar-refractivity contribution is -0.361. The van der Waals surface area contributed by atoms with E-state index >= 15 is 0 Å². The Kier molecular flexibility index (Phi) is 4.18. The molecule has 3 nitrogen and oxygen atoms in total. The summed E-state index contributed by atoms with van der Waals surface area (Å²) in [6.45, 7) is 5.82. The maximum Gasteiger partial charge on any atom is 0.435 e. The Bertz CT molecular complexity index is 388. The number of nitrogens with one attached hydrogen (secondary N) is 1. The topological polar surface area (TPSA) is 43.4 Å². The smallest absolute Gasteiger partial charge is 0.435 e.